The lowest BCUT2D eigenvalue weighted by atomic mass is 10.2. The molecular formula is C12H11ClN2S. The molecule has 0 aliphatic carbocycles. The Bertz CT molecular complexity index is 476. The zero-order valence-corrected chi connectivity index (χ0v) is 10.5. The predicted molar refractivity (Wildman–Crippen MR) is 71.3 cm³/mol. The van der Waals surface area contributed by atoms with Crippen LogP contribution in [-0.2, 0) is 5.75 Å². The quantitative estimate of drug-likeness (QED) is 0.712. The minimum atomic E-state index is 0.578. The Morgan fingerprint density at radius 1 is 1.62 bits per heavy atom. The number of amidine groups is 1. The van der Waals surface area contributed by atoms with Crippen LogP contribution in [0.2, 0.25) is 5.02 Å². The zero-order valence-electron chi connectivity index (χ0n) is 8.90. The number of hydrogen-bond donors (Lipinski definition) is 0. The van der Waals surface area contributed by atoms with Gasteiger partial charge in [-0.15, -0.1) is 6.42 Å². The number of hydrogen-bond acceptors (Lipinski definition) is 3. The van der Waals surface area contributed by atoms with E-state index in [9.17, 15) is 0 Å². The first kappa shape index (κ1) is 11.4. The third kappa shape index (κ3) is 2.34. The van der Waals surface area contributed by atoms with Crippen molar-refractivity contribution in [2.75, 3.05) is 13.6 Å². The first-order valence-corrected chi connectivity index (χ1v) is 6.21. The molecular weight excluding hydrogens is 240 g/mol. The van der Waals surface area contributed by atoms with Crippen LogP contribution in [0.15, 0.2) is 23.2 Å². The van der Waals surface area contributed by atoms with Gasteiger partial charge < -0.3 is 4.90 Å². The maximum atomic E-state index is 5.93. The monoisotopic (exact) mass is 250 g/mol. The van der Waals surface area contributed by atoms with Gasteiger partial charge >= 0.3 is 0 Å². The van der Waals surface area contributed by atoms with Gasteiger partial charge in [0.1, 0.15) is 0 Å². The number of fused-ring (bicyclic) bond motifs is 1. The SMILES string of the molecule is C#CCN(C)C1=Nc2ccc(Cl)cc2CS1. The molecule has 1 aliphatic heterocycles. The molecule has 2 rings (SSSR count). The van der Waals surface area contributed by atoms with E-state index in [0.717, 1.165) is 21.6 Å². The summed E-state index contributed by atoms with van der Waals surface area (Å²) in [6, 6.07) is 5.77. The number of halogens is 1. The summed E-state index contributed by atoms with van der Waals surface area (Å²) < 4.78 is 0. The molecule has 0 spiro atoms. The third-order valence-corrected chi connectivity index (χ3v) is 3.62. The summed E-state index contributed by atoms with van der Waals surface area (Å²) in [5, 5.41) is 1.72. The van der Waals surface area contributed by atoms with E-state index in [2.05, 4.69) is 10.9 Å². The van der Waals surface area contributed by atoms with E-state index in [1.54, 1.807) is 11.8 Å². The van der Waals surface area contributed by atoms with Crippen LogP contribution < -0.4 is 0 Å². The molecule has 0 atom stereocenters. The number of aliphatic imine (C=N–C) groups is 1. The number of rotatable bonds is 1. The maximum absolute atomic E-state index is 5.93. The van der Waals surface area contributed by atoms with Gasteiger partial charge in [0.2, 0.25) is 0 Å². The van der Waals surface area contributed by atoms with Gasteiger partial charge in [-0.2, -0.15) is 0 Å². The molecule has 0 saturated heterocycles. The van der Waals surface area contributed by atoms with Gasteiger partial charge in [-0.25, -0.2) is 4.99 Å². The van der Waals surface area contributed by atoms with Gasteiger partial charge in [-0.3, -0.25) is 0 Å². The lowest BCUT2D eigenvalue weighted by Crippen LogP contribution is -2.25. The molecule has 2 nitrogen and oxygen atoms in total. The summed E-state index contributed by atoms with van der Waals surface area (Å²) in [4.78, 5) is 6.53. The summed E-state index contributed by atoms with van der Waals surface area (Å²) >= 11 is 7.62. The number of thioether (sulfide) groups is 1. The third-order valence-electron chi connectivity index (χ3n) is 2.27. The van der Waals surface area contributed by atoms with Gasteiger partial charge in [-0.1, -0.05) is 29.3 Å². The Hall–Kier alpha value is -1.11. The van der Waals surface area contributed by atoms with Gasteiger partial charge in [0.05, 0.1) is 12.2 Å². The second-order valence-electron chi connectivity index (χ2n) is 3.52. The number of benzene rings is 1. The number of nitrogens with zero attached hydrogens (tertiary/aromatic N) is 2. The topological polar surface area (TPSA) is 15.6 Å². The van der Waals surface area contributed by atoms with Crippen molar-refractivity contribution in [3.05, 3.63) is 28.8 Å². The van der Waals surface area contributed by atoms with Crippen LogP contribution in [0.3, 0.4) is 0 Å². The van der Waals surface area contributed by atoms with Gasteiger partial charge in [0.25, 0.3) is 0 Å². The highest BCUT2D eigenvalue weighted by atomic mass is 35.5. The van der Waals surface area contributed by atoms with E-state index >= 15 is 0 Å². The number of terminal acetylenes is 1. The maximum Gasteiger partial charge on any atom is 0.165 e. The van der Waals surface area contributed by atoms with Crippen LogP contribution in [0.25, 0.3) is 0 Å². The predicted octanol–water partition coefficient (Wildman–Crippen LogP) is 3.14. The molecule has 1 heterocycles. The fourth-order valence-electron chi connectivity index (χ4n) is 1.46. The summed E-state index contributed by atoms with van der Waals surface area (Å²) in [5.41, 5.74) is 2.16. The average molecular weight is 251 g/mol. The Balaban J connectivity index is 2.28. The van der Waals surface area contributed by atoms with Crippen molar-refractivity contribution in [2.24, 2.45) is 4.99 Å². The Morgan fingerprint density at radius 2 is 2.44 bits per heavy atom. The van der Waals surface area contributed by atoms with Gasteiger partial charge in [-0.05, 0) is 23.8 Å². The molecule has 1 aromatic rings. The normalized spacial score (nSPS) is 13.7. The van der Waals surface area contributed by atoms with E-state index < -0.39 is 0 Å². The van der Waals surface area contributed by atoms with Gasteiger partial charge in [0.15, 0.2) is 5.17 Å². The van der Waals surface area contributed by atoms with E-state index in [4.69, 9.17) is 18.0 Å². The summed E-state index contributed by atoms with van der Waals surface area (Å²) in [7, 11) is 1.95. The van der Waals surface area contributed by atoms with E-state index in [0.29, 0.717) is 6.54 Å². The molecule has 16 heavy (non-hydrogen) atoms. The van der Waals surface area contributed by atoms with Crippen LogP contribution >= 0.6 is 23.4 Å². The van der Waals surface area contributed by atoms with Crippen LogP contribution in [-0.4, -0.2) is 23.7 Å². The van der Waals surface area contributed by atoms with Crippen LogP contribution in [0.4, 0.5) is 5.69 Å². The minimum absolute atomic E-state index is 0.578. The summed E-state index contributed by atoms with van der Waals surface area (Å²) in [6.45, 7) is 0.578. The van der Waals surface area contributed by atoms with Crippen LogP contribution in [0.1, 0.15) is 5.56 Å². The molecule has 0 saturated carbocycles. The van der Waals surface area contributed by atoms with Crippen LogP contribution in [0, 0.1) is 12.3 Å². The molecule has 0 radical (unpaired) electrons. The second-order valence-corrected chi connectivity index (χ2v) is 4.90. The Morgan fingerprint density at radius 3 is 3.19 bits per heavy atom. The molecule has 82 valence electrons. The fraction of sp³-hybridized carbons (Fsp3) is 0.250. The minimum Gasteiger partial charge on any atom is -0.343 e. The summed E-state index contributed by atoms with van der Waals surface area (Å²) in [6.07, 6.45) is 5.28. The Labute approximate surface area is 105 Å². The molecule has 0 N–H and O–H groups in total. The molecule has 0 fully saturated rings. The van der Waals surface area contributed by atoms with Crippen molar-refractivity contribution in [2.45, 2.75) is 5.75 Å². The van der Waals surface area contributed by atoms with E-state index in [1.165, 1.54) is 5.56 Å². The first-order chi connectivity index (χ1) is 7.70. The molecule has 0 amide bonds. The van der Waals surface area contributed by atoms with Crippen molar-refractivity contribution >= 4 is 34.2 Å². The zero-order chi connectivity index (χ0) is 11.5. The highest BCUT2D eigenvalue weighted by Crippen LogP contribution is 2.33. The van der Waals surface area contributed by atoms with E-state index in [-0.39, 0.29) is 0 Å². The largest absolute Gasteiger partial charge is 0.343 e. The van der Waals surface area contributed by atoms with Crippen molar-refractivity contribution in [3.8, 4) is 12.3 Å². The molecule has 1 aliphatic rings. The molecule has 0 bridgehead atoms. The lowest BCUT2D eigenvalue weighted by molar-refractivity contribution is 0.585. The van der Waals surface area contributed by atoms with Gasteiger partial charge in [0, 0.05) is 17.8 Å². The lowest BCUT2D eigenvalue weighted by Gasteiger charge is -2.22. The van der Waals surface area contributed by atoms with Crippen molar-refractivity contribution < 1.29 is 0 Å². The smallest absolute Gasteiger partial charge is 0.165 e. The standard InChI is InChI=1S/C12H11ClN2S/c1-3-6-15(2)12-14-11-5-4-10(13)7-9(11)8-16-12/h1,4-5,7H,6,8H2,2H3. The fourth-order valence-corrected chi connectivity index (χ4v) is 2.61. The van der Waals surface area contributed by atoms with E-state index in [1.807, 2.05) is 30.1 Å². The van der Waals surface area contributed by atoms with Crippen LogP contribution in [0.5, 0.6) is 0 Å². The molecule has 0 aromatic heterocycles. The average Bonchev–Trinajstić information content (AvgIpc) is 2.28. The molecule has 4 heteroatoms. The second kappa shape index (κ2) is 4.82. The first-order valence-electron chi connectivity index (χ1n) is 4.85. The highest BCUT2D eigenvalue weighted by molar-refractivity contribution is 8.13. The van der Waals surface area contributed by atoms with Crippen molar-refractivity contribution in [1.82, 2.24) is 4.90 Å². The van der Waals surface area contributed by atoms with Crippen molar-refractivity contribution in [3.63, 3.8) is 0 Å². The molecule has 0 unspecified atom stereocenters. The molecule has 1 aromatic carbocycles. The summed E-state index contributed by atoms with van der Waals surface area (Å²) in [5.74, 6) is 3.50. The highest BCUT2D eigenvalue weighted by Gasteiger charge is 2.15. The Kier molecular flexibility index (Phi) is 3.42. The van der Waals surface area contributed by atoms with Crippen molar-refractivity contribution in [1.29, 1.82) is 0 Å².